The molecule has 5 nitrogen and oxygen atoms in total. The van der Waals surface area contributed by atoms with E-state index in [-0.39, 0.29) is 11.4 Å². The van der Waals surface area contributed by atoms with E-state index in [1.165, 1.54) is 26.0 Å². The van der Waals surface area contributed by atoms with Gasteiger partial charge >= 0.3 is 5.97 Å². The van der Waals surface area contributed by atoms with Gasteiger partial charge in [-0.25, -0.2) is 17.5 Å². The lowest BCUT2D eigenvalue weighted by molar-refractivity contribution is -0.146. The Kier molecular flexibility index (Phi) is 4.08. The van der Waals surface area contributed by atoms with Crippen LogP contribution in [0.4, 0.5) is 4.39 Å². The third-order valence-electron chi connectivity index (χ3n) is 2.39. The Morgan fingerprint density at radius 1 is 1.44 bits per heavy atom. The average molecular weight is 275 g/mol. The van der Waals surface area contributed by atoms with Crippen molar-refractivity contribution < 1.29 is 22.7 Å². The number of carboxylic acid groups (broad SMARTS) is 1. The van der Waals surface area contributed by atoms with Gasteiger partial charge in [0.25, 0.3) is 0 Å². The van der Waals surface area contributed by atoms with Crippen molar-refractivity contribution in [1.82, 2.24) is 4.72 Å². The quantitative estimate of drug-likeness (QED) is 0.846. The number of halogens is 1. The molecular weight excluding hydrogens is 261 g/mol. The van der Waals surface area contributed by atoms with E-state index in [0.717, 1.165) is 12.1 Å². The molecular formula is C11H14FNO4S. The highest BCUT2D eigenvalue weighted by atomic mass is 32.2. The molecule has 0 amide bonds. The van der Waals surface area contributed by atoms with Crippen molar-refractivity contribution in [3.05, 3.63) is 30.1 Å². The van der Waals surface area contributed by atoms with E-state index in [0.29, 0.717) is 0 Å². The van der Waals surface area contributed by atoms with E-state index >= 15 is 0 Å². The van der Waals surface area contributed by atoms with Gasteiger partial charge in [0, 0.05) is 6.54 Å². The van der Waals surface area contributed by atoms with Gasteiger partial charge in [-0.05, 0) is 32.0 Å². The molecule has 0 bridgehead atoms. The van der Waals surface area contributed by atoms with Crippen LogP contribution in [-0.4, -0.2) is 26.0 Å². The van der Waals surface area contributed by atoms with Gasteiger partial charge in [0.15, 0.2) is 0 Å². The zero-order valence-corrected chi connectivity index (χ0v) is 10.8. The summed E-state index contributed by atoms with van der Waals surface area (Å²) in [5.41, 5.74) is -1.24. The number of carboxylic acids is 1. The first-order valence-corrected chi connectivity index (χ1v) is 6.62. The lowest BCUT2D eigenvalue weighted by Crippen LogP contribution is -2.38. The van der Waals surface area contributed by atoms with Crippen LogP contribution in [0.1, 0.15) is 13.8 Å². The van der Waals surface area contributed by atoms with Crippen molar-refractivity contribution >= 4 is 16.0 Å². The molecule has 2 N–H and O–H groups in total. The summed E-state index contributed by atoms with van der Waals surface area (Å²) >= 11 is 0. The van der Waals surface area contributed by atoms with Crippen LogP contribution in [-0.2, 0) is 14.8 Å². The number of benzene rings is 1. The highest BCUT2D eigenvalue weighted by Gasteiger charge is 2.29. The summed E-state index contributed by atoms with van der Waals surface area (Å²) in [5, 5.41) is 8.86. The number of nitrogens with one attached hydrogen (secondary N) is 1. The fraction of sp³-hybridized carbons (Fsp3) is 0.364. The largest absolute Gasteiger partial charge is 0.481 e. The van der Waals surface area contributed by atoms with Gasteiger partial charge in [-0.1, -0.05) is 6.07 Å². The molecule has 0 unspecified atom stereocenters. The van der Waals surface area contributed by atoms with E-state index < -0.39 is 27.2 Å². The molecule has 0 fully saturated rings. The van der Waals surface area contributed by atoms with Crippen molar-refractivity contribution in [3.63, 3.8) is 0 Å². The second kappa shape index (κ2) is 5.03. The van der Waals surface area contributed by atoms with Crippen molar-refractivity contribution in [3.8, 4) is 0 Å². The van der Waals surface area contributed by atoms with E-state index in [1.54, 1.807) is 0 Å². The summed E-state index contributed by atoms with van der Waals surface area (Å²) in [4.78, 5) is 10.6. The maximum atomic E-state index is 12.9. The normalized spacial score (nSPS) is 12.4. The van der Waals surface area contributed by atoms with Gasteiger partial charge in [0.2, 0.25) is 10.0 Å². The highest BCUT2D eigenvalue weighted by molar-refractivity contribution is 7.89. The molecule has 0 aliphatic rings. The fourth-order valence-corrected chi connectivity index (χ4v) is 2.31. The maximum absolute atomic E-state index is 12.9. The summed E-state index contributed by atoms with van der Waals surface area (Å²) in [6.07, 6.45) is 0. The zero-order chi connectivity index (χ0) is 14.0. The molecule has 0 aliphatic heterocycles. The van der Waals surface area contributed by atoms with Gasteiger partial charge in [-0.3, -0.25) is 4.79 Å². The van der Waals surface area contributed by atoms with Crippen LogP contribution in [0.3, 0.4) is 0 Å². The molecule has 0 spiro atoms. The van der Waals surface area contributed by atoms with E-state index in [2.05, 4.69) is 4.72 Å². The summed E-state index contributed by atoms with van der Waals surface area (Å²) in [6.45, 7) is 2.51. The van der Waals surface area contributed by atoms with E-state index in [9.17, 15) is 17.6 Å². The number of hydrogen-bond acceptors (Lipinski definition) is 3. The van der Waals surface area contributed by atoms with E-state index in [4.69, 9.17) is 5.11 Å². The summed E-state index contributed by atoms with van der Waals surface area (Å²) in [7, 11) is -3.90. The summed E-state index contributed by atoms with van der Waals surface area (Å²) < 4.78 is 38.6. The Hall–Kier alpha value is -1.47. The molecule has 0 saturated carbocycles. The minimum atomic E-state index is -3.90. The predicted octanol–water partition coefficient (Wildman–Crippen LogP) is 1.21. The summed E-state index contributed by atoms with van der Waals surface area (Å²) in [6, 6.07) is 4.50. The standard InChI is InChI=1S/C11H14FNO4S/c1-11(2,10(14)15)7-13-18(16,17)9-5-3-4-8(12)6-9/h3-6,13H,7H2,1-2H3,(H,14,15). The van der Waals surface area contributed by atoms with E-state index in [1.807, 2.05) is 0 Å². The van der Waals surface area contributed by atoms with Crippen LogP contribution in [0.15, 0.2) is 29.2 Å². The van der Waals surface area contributed by atoms with Crippen LogP contribution >= 0.6 is 0 Å². The number of carbonyl (C=O) groups is 1. The fourth-order valence-electron chi connectivity index (χ4n) is 1.07. The molecule has 18 heavy (non-hydrogen) atoms. The molecule has 1 aromatic rings. The smallest absolute Gasteiger partial charge is 0.310 e. The van der Waals surface area contributed by atoms with Gasteiger partial charge < -0.3 is 5.11 Å². The third kappa shape index (κ3) is 3.51. The molecule has 1 rings (SSSR count). The Labute approximate surface area is 105 Å². The van der Waals surface area contributed by atoms with Crippen molar-refractivity contribution in [1.29, 1.82) is 0 Å². The molecule has 0 radical (unpaired) electrons. The molecule has 100 valence electrons. The third-order valence-corrected chi connectivity index (χ3v) is 3.79. The first kappa shape index (κ1) is 14.6. The van der Waals surface area contributed by atoms with Gasteiger partial charge in [0.05, 0.1) is 10.3 Å². The minimum absolute atomic E-state index is 0.233. The first-order chi connectivity index (χ1) is 8.15. The lowest BCUT2D eigenvalue weighted by atomic mass is 9.95. The topological polar surface area (TPSA) is 83.5 Å². The second-order valence-corrected chi connectivity index (χ2v) is 6.24. The molecule has 0 aliphatic carbocycles. The van der Waals surface area contributed by atoms with Crippen LogP contribution < -0.4 is 4.72 Å². The van der Waals surface area contributed by atoms with Crippen LogP contribution in [0.2, 0.25) is 0 Å². The lowest BCUT2D eigenvalue weighted by Gasteiger charge is -2.19. The minimum Gasteiger partial charge on any atom is -0.481 e. The number of hydrogen-bond donors (Lipinski definition) is 2. The second-order valence-electron chi connectivity index (χ2n) is 4.47. The van der Waals surface area contributed by atoms with Crippen molar-refractivity contribution in [2.24, 2.45) is 5.41 Å². The van der Waals surface area contributed by atoms with Crippen LogP contribution in [0.5, 0.6) is 0 Å². The van der Waals surface area contributed by atoms with Crippen molar-refractivity contribution in [2.75, 3.05) is 6.54 Å². The Bertz CT molecular complexity index is 554. The monoisotopic (exact) mass is 275 g/mol. The molecule has 0 atom stereocenters. The molecule has 0 heterocycles. The average Bonchev–Trinajstić information content (AvgIpc) is 2.26. The zero-order valence-electron chi connectivity index (χ0n) is 9.97. The van der Waals surface area contributed by atoms with Gasteiger partial charge in [-0.15, -0.1) is 0 Å². The van der Waals surface area contributed by atoms with Crippen LogP contribution in [0, 0.1) is 11.2 Å². The number of aliphatic carboxylic acids is 1. The molecule has 1 aromatic carbocycles. The maximum Gasteiger partial charge on any atom is 0.310 e. The molecule has 0 saturated heterocycles. The first-order valence-electron chi connectivity index (χ1n) is 5.14. The Morgan fingerprint density at radius 2 is 2.06 bits per heavy atom. The van der Waals surface area contributed by atoms with Crippen LogP contribution in [0.25, 0.3) is 0 Å². The molecule has 7 heteroatoms. The predicted molar refractivity (Wildman–Crippen MR) is 63.0 cm³/mol. The number of sulfonamides is 1. The number of rotatable bonds is 5. The van der Waals surface area contributed by atoms with Gasteiger partial charge in [0.1, 0.15) is 5.82 Å². The van der Waals surface area contributed by atoms with Gasteiger partial charge in [-0.2, -0.15) is 0 Å². The van der Waals surface area contributed by atoms with Crippen molar-refractivity contribution in [2.45, 2.75) is 18.7 Å². The summed E-state index contributed by atoms with van der Waals surface area (Å²) in [5.74, 6) is -1.79. The Morgan fingerprint density at radius 3 is 2.56 bits per heavy atom. The Balaban J connectivity index is 2.87. The SMILES string of the molecule is CC(C)(CNS(=O)(=O)c1cccc(F)c1)C(=O)O. The molecule has 0 aromatic heterocycles. The highest BCUT2D eigenvalue weighted by Crippen LogP contribution is 2.16.